The van der Waals surface area contributed by atoms with Gasteiger partial charge in [0.2, 0.25) is 0 Å². The van der Waals surface area contributed by atoms with Crippen molar-refractivity contribution >= 4 is 22.4 Å². The first kappa shape index (κ1) is 16.1. The second-order valence-corrected chi connectivity index (χ2v) is 8.27. The number of nitrogens with zero attached hydrogens (tertiary/aromatic N) is 4. The molecule has 136 valence electrons. The number of aromatic amines is 1. The van der Waals surface area contributed by atoms with Gasteiger partial charge in [0.1, 0.15) is 11.2 Å². The number of aromatic nitrogens is 5. The van der Waals surface area contributed by atoms with Crippen LogP contribution in [0.25, 0.3) is 11.0 Å². The average Bonchev–Trinajstić information content (AvgIpc) is 3.21. The van der Waals surface area contributed by atoms with Gasteiger partial charge in [0.15, 0.2) is 5.65 Å². The zero-order valence-electron chi connectivity index (χ0n) is 14.6. The smallest absolute Gasteiger partial charge is 0.262 e. The number of nitrogens with one attached hydrogen (secondary N) is 1. The predicted octanol–water partition coefficient (Wildman–Crippen LogP) is 2.90. The summed E-state index contributed by atoms with van der Waals surface area (Å²) < 4.78 is 7.38. The van der Waals surface area contributed by atoms with Crippen LogP contribution in [-0.2, 0) is 4.74 Å². The van der Waals surface area contributed by atoms with Crippen molar-refractivity contribution in [3.8, 4) is 0 Å². The summed E-state index contributed by atoms with van der Waals surface area (Å²) in [6, 6.07) is 0.252. The summed E-state index contributed by atoms with van der Waals surface area (Å²) >= 11 is 1.68. The Labute approximate surface area is 154 Å². The molecular formula is C18H21N5O2S. The molecule has 2 fully saturated rings. The van der Waals surface area contributed by atoms with Gasteiger partial charge in [-0.3, -0.25) is 4.79 Å². The number of aryl methyl sites for hydroxylation is 1. The van der Waals surface area contributed by atoms with E-state index in [1.165, 1.54) is 0 Å². The predicted molar refractivity (Wildman–Crippen MR) is 98.8 cm³/mol. The van der Waals surface area contributed by atoms with Crippen LogP contribution in [0, 0.1) is 6.92 Å². The quantitative estimate of drug-likeness (QED) is 0.765. The zero-order chi connectivity index (χ0) is 17.7. The van der Waals surface area contributed by atoms with Gasteiger partial charge in [0, 0.05) is 30.4 Å². The highest BCUT2D eigenvalue weighted by atomic mass is 32.1. The highest BCUT2D eigenvalue weighted by molar-refractivity contribution is 7.09. The Morgan fingerprint density at radius 1 is 1.19 bits per heavy atom. The first-order valence-corrected chi connectivity index (χ1v) is 10.1. The number of thiazole rings is 1. The molecule has 2 aliphatic rings. The van der Waals surface area contributed by atoms with E-state index in [-0.39, 0.29) is 17.5 Å². The minimum atomic E-state index is -0.0941. The standard InChI is InChI=1S/C18H21N5O2S/c1-10-20-15(9-26-10)12-2-3-13(12)16-21-17-14(18(24)22-16)8-19-23(17)11-4-6-25-7-5-11/h8-9,11-13H,2-7H2,1H3,(H,21,22,24)/t12?,13-/m0/s1. The lowest BCUT2D eigenvalue weighted by molar-refractivity contribution is 0.0673. The van der Waals surface area contributed by atoms with Crippen molar-refractivity contribution in [3.05, 3.63) is 38.5 Å². The molecule has 5 rings (SSSR count). The van der Waals surface area contributed by atoms with Gasteiger partial charge in [-0.1, -0.05) is 0 Å². The van der Waals surface area contributed by atoms with E-state index in [0.29, 0.717) is 17.0 Å². The third kappa shape index (κ3) is 2.59. The number of ether oxygens (including phenoxy) is 1. The maximum Gasteiger partial charge on any atom is 0.262 e. The maximum absolute atomic E-state index is 12.6. The second-order valence-electron chi connectivity index (χ2n) is 7.20. The molecular weight excluding hydrogens is 350 g/mol. The fourth-order valence-corrected chi connectivity index (χ4v) is 4.73. The molecule has 8 heteroatoms. The fourth-order valence-electron chi connectivity index (χ4n) is 4.06. The molecule has 0 radical (unpaired) electrons. The van der Waals surface area contributed by atoms with Crippen LogP contribution in [0.3, 0.4) is 0 Å². The summed E-state index contributed by atoms with van der Waals surface area (Å²) in [4.78, 5) is 25.1. The van der Waals surface area contributed by atoms with Crippen LogP contribution in [-0.4, -0.2) is 37.9 Å². The van der Waals surface area contributed by atoms with Crippen LogP contribution >= 0.6 is 11.3 Å². The molecule has 2 atom stereocenters. The maximum atomic E-state index is 12.6. The molecule has 7 nitrogen and oxygen atoms in total. The number of H-pyrrole nitrogens is 1. The summed E-state index contributed by atoms with van der Waals surface area (Å²) in [5.41, 5.74) is 1.74. The van der Waals surface area contributed by atoms with E-state index in [1.54, 1.807) is 17.5 Å². The Kier molecular flexibility index (Phi) is 3.90. The van der Waals surface area contributed by atoms with Gasteiger partial charge in [0.05, 0.1) is 22.9 Å². The van der Waals surface area contributed by atoms with Gasteiger partial charge in [-0.25, -0.2) is 14.6 Å². The SMILES string of the molecule is Cc1nc(C2CC[C@@H]2c2nc3c(cnn3C3CCOCC3)c(=O)[nH]2)cs1. The Morgan fingerprint density at radius 3 is 2.69 bits per heavy atom. The zero-order valence-corrected chi connectivity index (χ0v) is 15.5. The van der Waals surface area contributed by atoms with Gasteiger partial charge >= 0.3 is 0 Å². The highest BCUT2D eigenvalue weighted by Gasteiger charge is 2.37. The molecule has 1 saturated heterocycles. The van der Waals surface area contributed by atoms with Crippen LogP contribution in [0.2, 0.25) is 0 Å². The molecule has 0 aromatic carbocycles. The molecule has 1 aliphatic carbocycles. The number of hydrogen-bond acceptors (Lipinski definition) is 6. The van der Waals surface area contributed by atoms with Crippen molar-refractivity contribution in [2.24, 2.45) is 0 Å². The van der Waals surface area contributed by atoms with E-state index in [4.69, 9.17) is 9.72 Å². The summed E-state index contributed by atoms with van der Waals surface area (Å²) in [7, 11) is 0. The van der Waals surface area contributed by atoms with Crippen molar-refractivity contribution in [2.75, 3.05) is 13.2 Å². The molecule has 3 aromatic rings. The molecule has 1 aliphatic heterocycles. The van der Waals surface area contributed by atoms with Crippen LogP contribution in [0.1, 0.15) is 60.1 Å². The molecule has 1 saturated carbocycles. The van der Waals surface area contributed by atoms with E-state index in [0.717, 1.165) is 55.4 Å². The third-order valence-electron chi connectivity index (χ3n) is 5.66. The van der Waals surface area contributed by atoms with Crippen LogP contribution in [0.5, 0.6) is 0 Å². The monoisotopic (exact) mass is 371 g/mol. The number of rotatable bonds is 3. The molecule has 0 spiro atoms. The van der Waals surface area contributed by atoms with Gasteiger partial charge in [0.25, 0.3) is 5.56 Å². The highest BCUT2D eigenvalue weighted by Crippen LogP contribution is 2.47. The van der Waals surface area contributed by atoms with Gasteiger partial charge < -0.3 is 9.72 Å². The molecule has 1 unspecified atom stereocenters. The molecule has 3 aromatic heterocycles. The Balaban J connectivity index is 1.53. The van der Waals surface area contributed by atoms with Crippen LogP contribution < -0.4 is 5.56 Å². The summed E-state index contributed by atoms with van der Waals surface area (Å²) in [5.74, 6) is 1.35. The van der Waals surface area contributed by atoms with Crippen LogP contribution in [0.15, 0.2) is 16.4 Å². The van der Waals surface area contributed by atoms with E-state index in [1.807, 2.05) is 11.6 Å². The number of fused-ring (bicyclic) bond motifs is 1. The lowest BCUT2D eigenvalue weighted by Crippen LogP contribution is -2.27. The van der Waals surface area contributed by atoms with Crippen molar-refractivity contribution in [2.45, 2.75) is 50.5 Å². The summed E-state index contributed by atoms with van der Waals surface area (Å²) in [6.07, 6.45) is 5.58. The molecule has 1 N–H and O–H groups in total. The Bertz CT molecular complexity index is 1000. The molecule has 0 amide bonds. The van der Waals surface area contributed by atoms with Gasteiger partial charge in [-0.2, -0.15) is 5.10 Å². The first-order chi connectivity index (χ1) is 12.7. The minimum absolute atomic E-state index is 0.0941. The minimum Gasteiger partial charge on any atom is -0.381 e. The molecule has 0 bridgehead atoms. The Hall–Kier alpha value is -2.06. The normalized spacial score (nSPS) is 24.0. The van der Waals surface area contributed by atoms with E-state index >= 15 is 0 Å². The summed E-state index contributed by atoms with van der Waals surface area (Å²) in [5, 5.41) is 8.26. The van der Waals surface area contributed by atoms with Crippen molar-refractivity contribution < 1.29 is 4.74 Å². The largest absolute Gasteiger partial charge is 0.381 e. The third-order valence-corrected chi connectivity index (χ3v) is 6.45. The average molecular weight is 371 g/mol. The van der Waals surface area contributed by atoms with Crippen LogP contribution in [0.4, 0.5) is 0 Å². The lowest BCUT2D eigenvalue weighted by atomic mass is 9.71. The Morgan fingerprint density at radius 2 is 2.00 bits per heavy atom. The second kappa shape index (κ2) is 6.28. The van der Waals surface area contributed by atoms with E-state index in [2.05, 4.69) is 20.4 Å². The van der Waals surface area contributed by atoms with E-state index in [9.17, 15) is 4.79 Å². The van der Waals surface area contributed by atoms with Gasteiger partial charge in [-0.05, 0) is 32.6 Å². The molecule has 4 heterocycles. The van der Waals surface area contributed by atoms with E-state index < -0.39 is 0 Å². The number of hydrogen-bond donors (Lipinski definition) is 1. The topological polar surface area (TPSA) is 85.7 Å². The molecule has 26 heavy (non-hydrogen) atoms. The van der Waals surface area contributed by atoms with Crippen molar-refractivity contribution in [1.82, 2.24) is 24.7 Å². The van der Waals surface area contributed by atoms with Gasteiger partial charge in [-0.15, -0.1) is 11.3 Å². The lowest BCUT2D eigenvalue weighted by Gasteiger charge is -2.34. The fraction of sp³-hybridized carbons (Fsp3) is 0.556. The first-order valence-electron chi connectivity index (χ1n) is 9.18. The van der Waals surface area contributed by atoms with Crippen molar-refractivity contribution in [3.63, 3.8) is 0 Å². The summed E-state index contributed by atoms with van der Waals surface area (Å²) in [6.45, 7) is 3.49. The van der Waals surface area contributed by atoms with Crippen molar-refractivity contribution in [1.29, 1.82) is 0 Å².